The van der Waals surface area contributed by atoms with Gasteiger partial charge in [-0.1, -0.05) is 0 Å². The zero-order valence-corrected chi connectivity index (χ0v) is 12.5. The second kappa shape index (κ2) is 5.44. The first kappa shape index (κ1) is 14.2. The van der Waals surface area contributed by atoms with Crippen molar-refractivity contribution in [1.82, 2.24) is 9.88 Å². The molecule has 2 heterocycles. The average molecular weight is 329 g/mol. The van der Waals surface area contributed by atoms with Crippen LogP contribution in [0.25, 0.3) is 0 Å². The molecular formula is C12H17BrN4O2. The van der Waals surface area contributed by atoms with Gasteiger partial charge in [0.1, 0.15) is 0 Å². The van der Waals surface area contributed by atoms with Crippen LogP contribution in [0.15, 0.2) is 16.7 Å². The molecule has 0 saturated carbocycles. The van der Waals surface area contributed by atoms with Crippen LogP contribution in [0.2, 0.25) is 0 Å². The van der Waals surface area contributed by atoms with E-state index in [2.05, 4.69) is 26.3 Å². The fourth-order valence-corrected chi connectivity index (χ4v) is 2.41. The molecule has 1 aromatic heterocycles. The van der Waals surface area contributed by atoms with Crippen LogP contribution >= 0.6 is 15.9 Å². The number of aromatic nitrogens is 1. The third kappa shape index (κ3) is 3.23. The normalized spacial score (nSPS) is 18.2. The van der Waals surface area contributed by atoms with Crippen molar-refractivity contribution in [2.24, 2.45) is 5.84 Å². The smallest absolute Gasteiger partial charge is 0.257 e. The summed E-state index contributed by atoms with van der Waals surface area (Å²) in [6.45, 7) is 5.58. The Labute approximate surface area is 120 Å². The Morgan fingerprint density at radius 2 is 2.37 bits per heavy atom. The zero-order valence-electron chi connectivity index (χ0n) is 10.9. The highest BCUT2D eigenvalue weighted by Crippen LogP contribution is 2.22. The molecule has 0 spiro atoms. The minimum atomic E-state index is -0.330. The van der Waals surface area contributed by atoms with Crippen LogP contribution in [-0.2, 0) is 4.74 Å². The summed E-state index contributed by atoms with van der Waals surface area (Å²) in [5.41, 5.74) is 2.58. The molecule has 1 aromatic rings. The summed E-state index contributed by atoms with van der Waals surface area (Å²) in [5.74, 6) is 5.67. The molecule has 6 nitrogen and oxygen atoms in total. The van der Waals surface area contributed by atoms with Gasteiger partial charge in [-0.15, -0.1) is 0 Å². The number of nitrogens with zero attached hydrogens (tertiary/aromatic N) is 2. The van der Waals surface area contributed by atoms with E-state index in [4.69, 9.17) is 10.6 Å². The third-order valence-corrected chi connectivity index (χ3v) is 3.37. The predicted molar refractivity (Wildman–Crippen MR) is 75.7 cm³/mol. The largest absolute Gasteiger partial charge is 0.372 e. The number of morpholine rings is 1. The average Bonchev–Trinajstić information content (AvgIpc) is 2.36. The Bertz CT molecular complexity index is 493. The number of hydrogen-bond donors (Lipinski definition) is 2. The summed E-state index contributed by atoms with van der Waals surface area (Å²) in [5, 5.41) is 0. The number of nitrogens with two attached hydrogens (primary N) is 1. The zero-order chi connectivity index (χ0) is 14.0. The molecule has 0 bridgehead atoms. The summed E-state index contributed by atoms with van der Waals surface area (Å²) in [7, 11) is 0. The van der Waals surface area contributed by atoms with Crippen molar-refractivity contribution in [2.75, 3.05) is 25.1 Å². The SMILES string of the molecule is CC1(C)CN(C(=O)c2cc(Br)cnc2NN)CCO1. The number of hydrogen-bond acceptors (Lipinski definition) is 5. The van der Waals surface area contributed by atoms with Crippen molar-refractivity contribution in [1.29, 1.82) is 0 Å². The second-order valence-electron chi connectivity index (χ2n) is 5.03. The lowest BCUT2D eigenvalue weighted by molar-refractivity contribution is -0.0763. The number of hydrazine groups is 1. The fourth-order valence-electron chi connectivity index (χ4n) is 2.08. The number of nitrogens with one attached hydrogen (secondary N) is 1. The Balaban J connectivity index is 2.26. The Morgan fingerprint density at radius 1 is 1.63 bits per heavy atom. The van der Waals surface area contributed by atoms with Crippen molar-refractivity contribution in [3.8, 4) is 0 Å². The molecule has 0 atom stereocenters. The van der Waals surface area contributed by atoms with Crippen molar-refractivity contribution < 1.29 is 9.53 Å². The van der Waals surface area contributed by atoms with Gasteiger partial charge >= 0.3 is 0 Å². The first-order valence-electron chi connectivity index (χ1n) is 5.98. The molecule has 0 aromatic carbocycles. The number of amides is 1. The van der Waals surface area contributed by atoms with Gasteiger partial charge in [-0.05, 0) is 35.8 Å². The van der Waals surface area contributed by atoms with Gasteiger partial charge in [-0.3, -0.25) is 4.79 Å². The minimum absolute atomic E-state index is 0.0990. The van der Waals surface area contributed by atoms with Crippen molar-refractivity contribution in [3.05, 3.63) is 22.3 Å². The predicted octanol–water partition coefficient (Wildman–Crippen LogP) is 1.38. The van der Waals surface area contributed by atoms with Crippen LogP contribution in [0.5, 0.6) is 0 Å². The number of nitrogen functional groups attached to an aromatic ring is 1. The molecule has 2 rings (SSSR count). The number of halogens is 1. The van der Waals surface area contributed by atoms with E-state index in [1.165, 1.54) is 0 Å². The van der Waals surface area contributed by atoms with Crippen LogP contribution in [-0.4, -0.2) is 41.1 Å². The lowest BCUT2D eigenvalue weighted by Gasteiger charge is -2.38. The van der Waals surface area contributed by atoms with E-state index in [1.807, 2.05) is 13.8 Å². The van der Waals surface area contributed by atoms with Gasteiger partial charge in [0.25, 0.3) is 5.91 Å². The maximum atomic E-state index is 12.5. The van der Waals surface area contributed by atoms with E-state index in [0.29, 0.717) is 31.1 Å². The number of pyridine rings is 1. The third-order valence-electron chi connectivity index (χ3n) is 2.93. The van der Waals surface area contributed by atoms with E-state index < -0.39 is 0 Å². The highest BCUT2D eigenvalue weighted by molar-refractivity contribution is 9.10. The highest BCUT2D eigenvalue weighted by atomic mass is 79.9. The van der Waals surface area contributed by atoms with Crippen LogP contribution in [0.4, 0.5) is 5.82 Å². The molecule has 1 saturated heterocycles. The highest BCUT2D eigenvalue weighted by Gasteiger charge is 2.31. The molecule has 1 aliphatic rings. The van der Waals surface area contributed by atoms with E-state index in [1.54, 1.807) is 17.2 Å². The summed E-state index contributed by atoms with van der Waals surface area (Å²) < 4.78 is 6.34. The number of carbonyl (C=O) groups excluding carboxylic acids is 1. The molecule has 19 heavy (non-hydrogen) atoms. The monoisotopic (exact) mass is 328 g/mol. The summed E-state index contributed by atoms with van der Waals surface area (Å²) in [6, 6.07) is 1.72. The van der Waals surface area contributed by atoms with Crippen LogP contribution in [0.1, 0.15) is 24.2 Å². The molecule has 7 heteroatoms. The van der Waals surface area contributed by atoms with Gasteiger partial charge < -0.3 is 15.1 Å². The summed E-state index contributed by atoms with van der Waals surface area (Å²) in [6.07, 6.45) is 1.59. The van der Waals surface area contributed by atoms with Crippen LogP contribution < -0.4 is 11.3 Å². The maximum Gasteiger partial charge on any atom is 0.257 e. The van der Waals surface area contributed by atoms with Crippen LogP contribution in [0, 0.1) is 0 Å². The van der Waals surface area contributed by atoms with E-state index in [9.17, 15) is 4.79 Å². The molecule has 3 N–H and O–H groups in total. The Morgan fingerprint density at radius 3 is 3.00 bits per heavy atom. The molecule has 0 radical (unpaired) electrons. The first-order valence-corrected chi connectivity index (χ1v) is 6.78. The van der Waals surface area contributed by atoms with Gasteiger partial charge in [0, 0.05) is 23.8 Å². The standard InChI is InChI=1S/C12H17BrN4O2/c1-12(2)7-17(3-4-19-12)11(18)9-5-8(13)6-15-10(9)16-14/h5-6H,3-4,7,14H2,1-2H3,(H,15,16). The van der Waals surface area contributed by atoms with Crippen molar-refractivity contribution in [2.45, 2.75) is 19.4 Å². The molecule has 0 aliphatic carbocycles. The van der Waals surface area contributed by atoms with Crippen LogP contribution in [0.3, 0.4) is 0 Å². The quantitative estimate of drug-likeness (QED) is 0.633. The fraction of sp³-hybridized carbons (Fsp3) is 0.500. The summed E-state index contributed by atoms with van der Waals surface area (Å²) in [4.78, 5) is 18.4. The topological polar surface area (TPSA) is 80.5 Å². The Kier molecular flexibility index (Phi) is 4.07. The Hall–Kier alpha value is -1.18. The van der Waals surface area contributed by atoms with Gasteiger partial charge in [-0.25, -0.2) is 10.8 Å². The summed E-state index contributed by atoms with van der Waals surface area (Å²) >= 11 is 3.31. The van der Waals surface area contributed by atoms with Gasteiger partial charge in [-0.2, -0.15) is 0 Å². The maximum absolute atomic E-state index is 12.5. The first-order chi connectivity index (χ1) is 8.93. The molecule has 1 fully saturated rings. The molecular weight excluding hydrogens is 312 g/mol. The van der Waals surface area contributed by atoms with Crippen molar-refractivity contribution in [3.63, 3.8) is 0 Å². The number of ether oxygens (including phenoxy) is 1. The number of rotatable bonds is 2. The molecule has 1 amide bonds. The van der Waals surface area contributed by atoms with Crippen molar-refractivity contribution >= 4 is 27.7 Å². The minimum Gasteiger partial charge on any atom is -0.372 e. The molecule has 0 unspecified atom stereocenters. The molecule has 1 aliphatic heterocycles. The van der Waals surface area contributed by atoms with E-state index in [-0.39, 0.29) is 11.5 Å². The van der Waals surface area contributed by atoms with Gasteiger partial charge in [0.15, 0.2) is 5.82 Å². The van der Waals surface area contributed by atoms with Gasteiger partial charge in [0.05, 0.1) is 17.8 Å². The number of carbonyl (C=O) groups is 1. The molecule has 104 valence electrons. The van der Waals surface area contributed by atoms with E-state index in [0.717, 1.165) is 4.47 Å². The lowest BCUT2D eigenvalue weighted by atomic mass is 10.1. The second-order valence-corrected chi connectivity index (χ2v) is 5.94. The van der Waals surface area contributed by atoms with E-state index >= 15 is 0 Å². The number of anilines is 1. The van der Waals surface area contributed by atoms with Gasteiger partial charge in [0.2, 0.25) is 0 Å². The lowest BCUT2D eigenvalue weighted by Crippen LogP contribution is -2.50.